The Labute approximate surface area is 184 Å². The van der Waals surface area contributed by atoms with Crippen LogP contribution >= 0.6 is 11.3 Å². The minimum absolute atomic E-state index is 0.0238. The molecule has 2 atom stereocenters. The normalized spacial score (nSPS) is 18.5. The summed E-state index contributed by atoms with van der Waals surface area (Å²) in [6.07, 6.45) is 2.39. The fraction of sp³-hybridized carbons (Fsp3) is 0.261. The molecule has 1 aliphatic heterocycles. The largest absolute Gasteiger partial charge is 0.497 e. The highest BCUT2D eigenvalue weighted by molar-refractivity contribution is 7.13. The number of aromatic nitrogens is 1. The molecule has 2 heterocycles. The van der Waals surface area contributed by atoms with Crippen molar-refractivity contribution < 1.29 is 19.1 Å². The number of ether oxygens (including phenoxy) is 2. The third-order valence-electron chi connectivity index (χ3n) is 5.40. The van der Waals surface area contributed by atoms with Gasteiger partial charge < -0.3 is 19.7 Å². The molecule has 0 saturated carbocycles. The summed E-state index contributed by atoms with van der Waals surface area (Å²) in [5, 5.41) is 5.26. The molecule has 1 fully saturated rings. The van der Waals surface area contributed by atoms with E-state index in [4.69, 9.17) is 9.47 Å². The summed E-state index contributed by atoms with van der Waals surface area (Å²) in [5.74, 6) is 0.807. The SMILES string of the molecule is COc1ccc([C@H]2[C@@H](C(=O)Nc3nccs3)CCC(=O)N2c2ccc(OC)cc2)cc1. The van der Waals surface area contributed by atoms with E-state index in [2.05, 4.69) is 10.3 Å². The Morgan fingerprint density at radius 1 is 1.06 bits per heavy atom. The predicted octanol–water partition coefficient (Wildman–Crippen LogP) is 4.28. The first-order chi connectivity index (χ1) is 15.1. The van der Waals surface area contributed by atoms with Gasteiger partial charge in [0, 0.05) is 23.7 Å². The Morgan fingerprint density at radius 3 is 2.29 bits per heavy atom. The monoisotopic (exact) mass is 437 g/mol. The Bertz CT molecular complexity index is 1040. The van der Waals surface area contributed by atoms with Crippen LogP contribution in [0.15, 0.2) is 60.1 Å². The summed E-state index contributed by atoms with van der Waals surface area (Å²) in [6, 6.07) is 14.3. The third kappa shape index (κ3) is 4.39. The third-order valence-corrected chi connectivity index (χ3v) is 6.09. The number of benzene rings is 2. The van der Waals surface area contributed by atoms with E-state index in [1.807, 2.05) is 53.9 Å². The lowest BCUT2D eigenvalue weighted by Crippen LogP contribution is -2.46. The molecule has 0 unspecified atom stereocenters. The van der Waals surface area contributed by atoms with Gasteiger partial charge in [-0.3, -0.25) is 9.59 Å². The van der Waals surface area contributed by atoms with E-state index in [0.29, 0.717) is 23.1 Å². The molecule has 2 aromatic carbocycles. The van der Waals surface area contributed by atoms with Crippen LogP contribution in [0.25, 0.3) is 0 Å². The van der Waals surface area contributed by atoms with Crippen LogP contribution in [-0.4, -0.2) is 31.0 Å². The van der Waals surface area contributed by atoms with Gasteiger partial charge in [-0.1, -0.05) is 12.1 Å². The molecular weight excluding hydrogens is 414 g/mol. The maximum atomic E-state index is 13.2. The second-order valence-electron chi connectivity index (χ2n) is 7.15. The van der Waals surface area contributed by atoms with Crippen LogP contribution in [0.3, 0.4) is 0 Å². The van der Waals surface area contributed by atoms with E-state index in [-0.39, 0.29) is 18.2 Å². The van der Waals surface area contributed by atoms with Gasteiger partial charge in [-0.15, -0.1) is 11.3 Å². The first-order valence-electron chi connectivity index (χ1n) is 9.91. The number of rotatable bonds is 6. The Hall–Kier alpha value is -3.39. The molecule has 160 valence electrons. The molecule has 2 amide bonds. The zero-order valence-corrected chi connectivity index (χ0v) is 18.1. The summed E-state index contributed by atoms with van der Waals surface area (Å²) in [6.45, 7) is 0. The minimum Gasteiger partial charge on any atom is -0.497 e. The molecule has 1 N–H and O–H groups in total. The average Bonchev–Trinajstić information content (AvgIpc) is 3.32. The molecule has 8 heteroatoms. The molecule has 4 rings (SSSR count). The lowest BCUT2D eigenvalue weighted by atomic mass is 9.83. The van der Waals surface area contributed by atoms with Crippen molar-refractivity contribution in [3.8, 4) is 11.5 Å². The summed E-state index contributed by atoms with van der Waals surface area (Å²) >= 11 is 1.37. The van der Waals surface area contributed by atoms with Crippen molar-refractivity contribution in [2.45, 2.75) is 18.9 Å². The highest BCUT2D eigenvalue weighted by Crippen LogP contribution is 2.41. The Kier molecular flexibility index (Phi) is 6.18. The van der Waals surface area contributed by atoms with Gasteiger partial charge in [0.1, 0.15) is 11.5 Å². The van der Waals surface area contributed by atoms with Crippen LogP contribution in [0.2, 0.25) is 0 Å². The smallest absolute Gasteiger partial charge is 0.231 e. The lowest BCUT2D eigenvalue weighted by Gasteiger charge is -2.40. The van der Waals surface area contributed by atoms with Crippen molar-refractivity contribution in [2.75, 3.05) is 24.4 Å². The second kappa shape index (κ2) is 9.18. The number of hydrogen-bond acceptors (Lipinski definition) is 6. The van der Waals surface area contributed by atoms with Crippen molar-refractivity contribution in [3.05, 3.63) is 65.7 Å². The fourth-order valence-electron chi connectivity index (χ4n) is 3.88. The van der Waals surface area contributed by atoms with E-state index >= 15 is 0 Å². The summed E-state index contributed by atoms with van der Waals surface area (Å²) in [7, 11) is 3.20. The number of anilines is 2. The number of methoxy groups -OCH3 is 2. The highest BCUT2D eigenvalue weighted by Gasteiger charge is 2.41. The van der Waals surface area contributed by atoms with E-state index in [1.54, 1.807) is 25.3 Å². The fourth-order valence-corrected chi connectivity index (χ4v) is 4.41. The molecular formula is C23H23N3O4S. The number of nitrogens with one attached hydrogen (secondary N) is 1. The second-order valence-corrected chi connectivity index (χ2v) is 8.05. The highest BCUT2D eigenvalue weighted by atomic mass is 32.1. The average molecular weight is 438 g/mol. The van der Waals surface area contributed by atoms with Gasteiger partial charge in [-0.25, -0.2) is 4.98 Å². The molecule has 0 bridgehead atoms. The van der Waals surface area contributed by atoms with Crippen LogP contribution in [0.4, 0.5) is 10.8 Å². The van der Waals surface area contributed by atoms with Gasteiger partial charge in [0.15, 0.2) is 5.13 Å². The maximum Gasteiger partial charge on any atom is 0.231 e. The van der Waals surface area contributed by atoms with Crippen LogP contribution in [0.1, 0.15) is 24.4 Å². The molecule has 1 aromatic heterocycles. The topological polar surface area (TPSA) is 80.8 Å². The number of nitrogens with zero attached hydrogens (tertiary/aromatic N) is 2. The van der Waals surface area contributed by atoms with Gasteiger partial charge in [0.2, 0.25) is 11.8 Å². The molecule has 0 spiro atoms. The number of thiazole rings is 1. The van der Waals surface area contributed by atoms with Crippen molar-refractivity contribution >= 4 is 34.0 Å². The van der Waals surface area contributed by atoms with E-state index in [9.17, 15) is 9.59 Å². The molecule has 0 aliphatic carbocycles. The van der Waals surface area contributed by atoms with Crippen molar-refractivity contribution in [3.63, 3.8) is 0 Å². The maximum absolute atomic E-state index is 13.2. The molecule has 31 heavy (non-hydrogen) atoms. The van der Waals surface area contributed by atoms with Gasteiger partial charge in [0.05, 0.1) is 26.2 Å². The quantitative estimate of drug-likeness (QED) is 0.622. The van der Waals surface area contributed by atoms with Crippen molar-refractivity contribution in [1.29, 1.82) is 0 Å². The van der Waals surface area contributed by atoms with Crippen LogP contribution < -0.4 is 19.7 Å². The Balaban J connectivity index is 1.73. The molecule has 7 nitrogen and oxygen atoms in total. The lowest BCUT2D eigenvalue weighted by molar-refractivity contribution is -0.125. The number of amides is 2. The first-order valence-corrected chi connectivity index (χ1v) is 10.8. The number of carbonyl (C=O) groups is 2. The van der Waals surface area contributed by atoms with Crippen molar-refractivity contribution in [2.24, 2.45) is 5.92 Å². The molecule has 1 saturated heterocycles. The summed E-state index contributed by atoms with van der Waals surface area (Å²) in [5.41, 5.74) is 1.59. The van der Waals surface area contributed by atoms with Gasteiger partial charge in [0.25, 0.3) is 0 Å². The molecule has 3 aromatic rings. The standard InChI is InChI=1S/C23H23N3O4S/c1-29-17-7-3-15(4-8-17)21-19(22(28)25-23-24-13-14-31-23)11-12-20(27)26(21)16-5-9-18(30-2)10-6-16/h3-10,13-14,19,21H,11-12H2,1-2H3,(H,24,25,28)/t19-,21-/m0/s1. The summed E-state index contributed by atoms with van der Waals surface area (Å²) < 4.78 is 10.5. The van der Waals surface area contributed by atoms with E-state index < -0.39 is 12.0 Å². The van der Waals surface area contributed by atoms with Gasteiger partial charge >= 0.3 is 0 Å². The van der Waals surface area contributed by atoms with Crippen LogP contribution in [0.5, 0.6) is 11.5 Å². The predicted molar refractivity (Wildman–Crippen MR) is 120 cm³/mol. The van der Waals surface area contributed by atoms with Gasteiger partial charge in [-0.2, -0.15) is 0 Å². The van der Waals surface area contributed by atoms with Crippen LogP contribution in [-0.2, 0) is 9.59 Å². The zero-order chi connectivity index (χ0) is 21.8. The van der Waals surface area contributed by atoms with Crippen LogP contribution in [0, 0.1) is 5.92 Å². The van der Waals surface area contributed by atoms with Gasteiger partial charge in [-0.05, 0) is 48.4 Å². The van der Waals surface area contributed by atoms with Crippen molar-refractivity contribution in [1.82, 2.24) is 4.98 Å². The number of carbonyl (C=O) groups excluding carboxylic acids is 2. The first kappa shape index (κ1) is 20.9. The zero-order valence-electron chi connectivity index (χ0n) is 17.3. The van der Waals surface area contributed by atoms with E-state index in [0.717, 1.165) is 11.3 Å². The summed E-state index contributed by atoms with van der Waals surface area (Å²) in [4.78, 5) is 32.2. The Morgan fingerprint density at radius 2 is 1.71 bits per heavy atom. The molecule has 1 aliphatic rings. The molecule has 0 radical (unpaired) electrons. The minimum atomic E-state index is -0.458. The number of piperidine rings is 1. The van der Waals surface area contributed by atoms with E-state index in [1.165, 1.54) is 11.3 Å². The number of hydrogen-bond donors (Lipinski definition) is 1.